The number of hydrogen-bond donors (Lipinski definition) is 2. The smallest absolute Gasteiger partial charge is 0.329 e. The van der Waals surface area contributed by atoms with Crippen LogP contribution in [-0.2, 0) is 16.0 Å². The van der Waals surface area contributed by atoms with E-state index < -0.39 is 17.4 Å². The Labute approximate surface area is 156 Å². The van der Waals surface area contributed by atoms with Gasteiger partial charge in [-0.1, -0.05) is 6.07 Å². The lowest BCUT2D eigenvalue weighted by Gasteiger charge is -2.33. The predicted octanol–water partition coefficient (Wildman–Crippen LogP) is 2.05. The SMILES string of the molecule is O=C(NC1(C(=O)O)CCOCC1)c1cncc(-c2ccc3c(c2)CCO3)c1. The molecule has 3 heterocycles. The summed E-state index contributed by atoms with van der Waals surface area (Å²) < 4.78 is 10.8. The second-order valence-electron chi connectivity index (χ2n) is 6.84. The molecule has 1 saturated heterocycles. The summed E-state index contributed by atoms with van der Waals surface area (Å²) >= 11 is 0. The van der Waals surface area contributed by atoms with Gasteiger partial charge in [-0.05, 0) is 29.3 Å². The van der Waals surface area contributed by atoms with Crippen molar-refractivity contribution in [1.29, 1.82) is 0 Å². The molecule has 7 nitrogen and oxygen atoms in total. The number of rotatable bonds is 4. The lowest BCUT2D eigenvalue weighted by atomic mass is 9.89. The normalized spacial score (nSPS) is 17.6. The van der Waals surface area contributed by atoms with Crippen LogP contribution in [0.1, 0.15) is 28.8 Å². The highest BCUT2D eigenvalue weighted by Crippen LogP contribution is 2.30. The summed E-state index contributed by atoms with van der Waals surface area (Å²) in [6.45, 7) is 1.30. The molecule has 0 saturated carbocycles. The van der Waals surface area contributed by atoms with Gasteiger partial charge in [0, 0.05) is 50.4 Å². The number of fused-ring (bicyclic) bond motifs is 1. The number of carboxylic acids is 1. The van der Waals surface area contributed by atoms with E-state index in [4.69, 9.17) is 9.47 Å². The van der Waals surface area contributed by atoms with E-state index >= 15 is 0 Å². The number of carbonyl (C=O) groups is 2. The van der Waals surface area contributed by atoms with Crippen molar-refractivity contribution in [3.63, 3.8) is 0 Å². The maximum Gasteiger partial charge on any atom is 0.329 e. The van der Waals surface area contributed by atoms with Crippen molar-refractivity contribution in [3.05, 3.63) is 47.8 Å². The van der Waals surface area contributed by atoms with Crippen LogP contribution in [0, 0.1) is 0 Å². The first-order valence-corrected chi connectivity index (χ1v) is 8.92. The summed E-state index contributed by atoms with van der Waals surface area (Å²) in [5.74, 6) is -0.594. The van der Waals surface area contributed by atoms with Gasteiger partial charge in [-0.15, -0.1) is 0 Å². The Kier molecular flexibility index (Phi) is 4.53. The minimum atomic E-state index is -1.30. The van der Waals surface area contributed by atoms with Gasteiger partial charge in [0.15, 0.2) is 0 Å². The van der Waals surface area contributed by atoms with E-state index in [-0.39, 0.29) is 12.8 Å². The molecular weight excluding hydrogens is 348 g/mol. The lowest BCUT2D eigenvalue weighted by molar-refractivity contribution is -0.148. The molecule has 1 aromatic carbocycles. The maximum absolute atomic E-state index is 12.7. The minimum Gasteiger partial charge on any atom is -0.493 e. The van der Waals surface area contributed by atoms with Crippen LogP contribution in [0.5, 0.6) is 5.75 Å². The summed E-state index contributed by atoms with van der Waals surface area (Å²) in [7, 11) is 0. The Balaban J connectivity index is 1.58. The van der Waals surface area contributed by atoms with Gasteiger partial charge in [0.25, 0.3) is 5.91 Å². The number of carboxylic acid groups (broad SMARTS) is 1. The van der Waals surface area contributed by atoms with Gasteiger partial charge in [-0.3, -0.25) is 9.78 Å². The van der Waals surface area contributed by atoms with Crippen LogP contribution in [0.2, 0.25) is 0 Å². The number of benzene rings is 1. The second-order valence-corrected chi connectivity index (χ2v) is 6.84. The molecule has 0 aliphatic carbocycles. The molecule has 1 amide bonds. The summed E-state index contributed by atoms with van der Waals surface area (Å²) in [6, 6.07) is 7.62. The molecule has 0 spiro atoms. The molecular formula is C20H20N2O5. The highest BCUT2D eigenvalue weighted by Gasteiger charge is 2.41. The van der Waals surface area contributed by atoms with Gasteiger partial charge >= 0.3 is 5.97 Å². The quantitative estimate of drug-likeness (QED) is 0.857. The molecule has 1 fully saturated rings. The van der Waals surface area contributed by atoms with Crippen LogP contribution in [0.3, 0.4) is 0 Å². The van der Waals surface area contributed by atoms with Crippen molar-refractivity contribution in [2.45, 2.75) is 24.8 Å². The fourth-order valence-corrected chi connectivity index (χ4v) is 3.49. The van der Waals surface area contributed by atoms with Crippen molar-refractivity contribution >= 4 is 11.9 Å². The zero-order valence-corrected chi connectivity index (χ0v) is 14.7. The molecule has 0 atom stereocenters. The molecule has 0 unspecified atom stereocenters. The topological polar surface area (TPSA) is 97.8 Å². The van der Waals surface area contributed by atoms with E-state index in [1.165, 1.54) is 6.20 Å². The summed E-state index contributed by atoms with van der Waals surface area (Å²) in [6.07, 6.45) is 4.48. The molecule has 0 bridgehead atoms. The number of hydrogen-bond acceptors (Lipinski definition) is 5. The average Bonchev–Trinajstić information content (AvgIpc) is 3.16. The third-order valence-corrected chi connectivity index (χ3v) is 5.13. The molecule has 2 N–H and O–H groups in total. The molecule has 2 aliphatic heterocycles. The fourth-order valence-electron chi connectivity index (χ4n) is 3.49. The number of carbonyl (C=O) groups excluding carboxylic acids is 1. The lowest BCUT2D eigenvalue weighted by Crippen LogP contribution is -2.57. The third-order valence-electron chi connectivity index (χ3n) is 5.13. The molecule has 140 valence electrons. The van der Waals surface area contributed by atoms with E-state index in [9.17, 15) is 14.7 Å². The monoisotopic (exact) mass is 368 g/mol. The predicted molar refractivity (Wildman–Crippen MR) is 96.8 cm³/mol. The Bertz CT molecular complexity index is 890. The highest BCUT2D eigenvalue weighted by molar-refractivity contribution is 5.98. The highest BCUT2D eigenvalue weighted by atomic mass is 16.5. The molecule has 1 aromatic heterocycles. The summed E-state index contributed by atoms with van der Waals surface area (Å²) in [5, 5.41) is 12.3. The van der Waals surface area contributed by atoms with Gasteiger partial charge in [0.1, 0.15) is 11.3 Å². The van der Waals surface area contributed by atoms with E-state index in [0.29, 0.717) is 25.4 Å². The van der Waals surface area contributed by atoms with Crippen LogP contribution >= 0.6 is 0 Å². The fraction of sp³-hybridized carbons (Fsp3) is 0.350. The minimum absolute atomic E-state index is 0.242. The van der Waals surface area contributed by atoms with E-state index in [1.54, 1.807) is 12.3 Å². The molecule has 27 heavy (non-hydrogen) atoms. The third kappa shape index (κ3) is 3.38. The standard InChI is InChI=1S/C20H20N2O5/c23-18(22-20(19(24)25)4-7-26-8-5-20)16-10-15(11-21-12-16)13-1-2-17-14(9-13)3-6-27-17/h1-2,9-12H,3-8H2,(H,22,23)(H,24,25). The number of ether oxygens (including phenoxy) is 2. The van der Waals surface area contributed by atoms with Gasteiger partial charge in [-0.2, -0.15) is 0 Å². The first-order chi connectivity index (χ1) is 13.1. The van der Waals surface area contributed by atoms with E-state index in [0.717, 1.165) is 28.9 Å². The van der Waals surface area contributed by atoms with Crippen molar-refractivity contribution < 1.29 is 24.2 Å². The Morgan fingerprint density at radius 3 is 2.67 bits per heavy atom. The molecule has 0 radical (unpaired) electrons. The Morgan fingerprint density at radius 1 is 1.07 bits per heavy atom. The van der Waals surface area contributed by atoms with Crippen LogP contribution in [0.25, 0.3) is 11.1 Å². The van der Waals surface area contributed by atoms with Gasteiger partial charge in [-0.25, -0.2) is 4.79 Å². The first-order valence-electron chi connectivity index (χ1n) is 8.92. The number of aromatic nitrogens is 1. The summed E-state index contributed by atoms with van der Waals surface area (Å²) in [5.41, 5.74) is 1.91. The second kappa shape index (κ2) is 7.00. The van der Waals surface area contributed by atoms with E-state index in [1.807, 2.05) is 18.2 Å². The Hall–Kier alpha value is -2.93. The zero-order valence-electron chi connectivity index (χ0n) is 14.7. The van der Waals surface area contributed by atoms with Crippen molar-refractivity contribution in [1.82, 2.24) is 10.3 Å². The van der Waals surface area contributed by atoms with Crippen LogP contribution in [-0.4, -0.2) is 47.3 Å². The molecule has 7 heteroatoms. The van der Waals surface area contributed by atoms with Gasteiger partial charge in [0.2, 0.25) is 0 Å². The number of nitrogens with one attached hydrogen (secondary N) is 1. The number of pyridine rings is 1. The van der Waals surface area contributed by atoms with Gasteiger partial charge in [0.05, 0.1) is 12.2 Å². The van der Waals surface area contributed by atoms with Crippen LogP contribution < -0.4 is 10.1 Å². The van der Waals surface area contributed by atoms with Crippen molar-refractivity contribution in [2.75, 3.05) is 19.8 Å². The van der Waals surface area contributed by atoms with Crippen LogP contribution in [0.15, 0.2) is 36.7 Å². The van der Waals surface area contributed by atoms with Crippen molar-refractivity contribution in [2.24, 2.45) is 0 Å². The van der Waals surface area contributed by atoms with E-state index in [2.05, 4.69) is 10.3 Å². The van der Waals surface area contributed by atoms with Crippen LogP contribution in [0.4, 0.5) is 0 Å². The number of aliphatic carboxylic acids is 1. The largest absolute Gasteiger partial charge is 0.493 e. The van der Waals surface area contributed by atoms with Crippen molar-refractivity contribution in [3.8, 4) is 16.9 Å². The molecule has 2 aromatic rings. The average molecular weight is 368 g/mol. The molecule has 4 rings (SSSR count). The first kappa shape index (κ1) is 17.5. The Morgan fingerprint density at radius 2 is 1.89 bits per heavy atom. The maximum atomic E-state index is 12.7. The summed E-state index contributed by atoms with van der Waals surface area (Å²) in [4.78, 5) is 28.6. The number of amides is 1. The zero-order chi connectivity index (χ0) is 18.9. The molecule has 2 aliphatic rings. The number of nitrogens with zero attached hydrogens (tertiary/aromatic N) is 1. The van der Waals surface area contributed by atoms with Gasteiger partial charge < -0.3 is 19.9 Å².